The van der Waals surface area contributed by atoms with E-state index in [4.69, 9.17) is 0 Å². The third-order valence-corrected chi connectivity index (χ3v) is 7.58. The first kappa shape index (κ1) is 24.2. The molecule has 1 N–H and O–H groups in total. The summed E-state index contributed by atoms with van der Waals surface area (Å²) in [5.41, 5.74) is 0.0960. The quantitative estimate of drug-likeness (QED) is 0.363. The lowest BCUT2D eigenvalue weighted by Gasteiger charge is -2.38. The van der Waals surface area contributed by atoms with Crippen LogP contribution in [-0.2, 0) is 0 Å². The van der Waals surface area contributed by atoms with E-state index in [0.717, 1.165) is 43.9 Å². The maximum Gasteiger partial charge on any atom is 0.195 e. The van der Waals surface area contributed by atoms with Crippen molar-refractivity contribution in [1.82, 2.24) is 0 Å². The Balaban J connectivity index is 1.66. The molecule has 0 aromatic heterocycles. The van der Waals surface area contributed by atoms with Crippen LogP contribution >= 0.6 is 0 Å². The van der Waals surface area contributed by atoms with Gasteiger partial charge in [0.05, 0.1) is 5.56 Å². The topological polar surface area (TPSA) is 20.2 Å². The highest BCUT2D eigenvalue weighted by Gasteiger charge is 2.33. The van der Waals surface area contributed by atoms with Gasteiger partial charge in [-0.15, -0.1) is 0 Å². The Morgan fingerprint density at radius 2 is 1.48 bits per heavy atom. The van der Waals surface area contributed by atoms with E-state index in [9.17, 15) is 18.3 Å². The van der Waals surface area contributed by atoms with E-state index in [1.54, 1.807) is 0 Å². The fraction of sp³-hybridized carbons (Fsp3) is 0.704. The van der Waals surface area contributed by atoms with Gasteiger partial charge in [-0.3, -0.25) is 0 Å². The first-order valence-corrected chi connectivity index (χ1v) is 12.3. The number of halogens is 3. The minimum atomic E-state index is -1.44. The van der Waals surface area contributed by atoms with Crippen LogP contribution in [0.25, 0.3) is 0 Å². The molecule has 2 fully saturated rings. The Hall–Kier alpha value is -1.47. The molecule has 2 saturated carbocycles. The van der Waals surface area contributed by atoms with Crippen LogP contribution in [0.3, 0.4) is 0 Å². The molecule has 2 aliphatic carbocycles. The van der Waals surface area contributed by atoms with Gasteiger partial charge in [0, 0.05) is 0 Å². The zero-order valence-corrected chi connectivity index (χ0v) is 19.0. The van der Waals surface area contributed by atoms with Gasteiger partial charge in [-0.25, -0.2) is 13.2 Å². The van der Waals surface area contributed by atoms with Gasteiger partial charge in [0.15, 0.2) is 17.5 Å². The van der Waals surface area contributed by atoms with Crippen molar-refractivity contribution in [3.05, 3.63) is 34.6 Å². The lowest BCUT2D eigenvalue weighted by molar-refractivity contribution is 0.155. The minimum absolute atomic E-state index is 0.0936. The summed E-state index contributed by atoms with van der Waals surface area (Å²) in [5, 5.41) is 9.78. The van der Waals surface area contributed by atoms with Crippen LogP contribution in [0.15, 0.2) is 6.07 Å². The summed E-state index contributed by atoms with van der Waals surface area (Å²) in [4.78, 5) is 0. The molecule has 0 aliphatic heterocycles. The molecule has 0 radical (unpaired) electrons. The predicted molar refractivity (Wildman–Crippen MR) is 119 cm³/mol. The molecule has 1 unspecified atom stereocenters. The maximum absolute atomic E-state index is 14.6. The smallest absolute Gasteiger partial charge is 0.195 e. The van der Waals surface area contributed by atoms with Gasteiger partial charge in [-0.2, -0.15) is 0 Å². The number of hydrogen-bond acceptors (Lipinski definition) is 1. The Bertz CT molecular complexity index is 778. The second-order valence-electron chi connectivity index (χ2n) is 9.71. The van der Waals surface area contributed by atoms with Crippen molar-refractivity contribution in [1.29, 1.82) is 0 Å². The van der Waals surface area contributed by atoms with Crippen molar-refractivity contribution < 1.29 is 18.3 Å². The van der Waals surface area contributed by atoms with E-state index in [1.807, 2.05) is 6.92 Å². The average Bonchev–Trinajstić information content (AvgIpc) is 2.78. The van der Waals surface area contributed by atoms with Gasteiger partial charge in [0.2, 0.25) is 0 Å². The first-order chi connectivity index (χ1) is 14.9. The molecule has 3 rings (SSSR count). The normalized spacial score (nSPS) is 27.4. The predicted octanol–water partition coefficient (Wildman–Crippen LogP) is 7.50. The summed E-state index contributed by atoms with van der Waals surface area (Å²) in [7, 11) is 0. The fourth-order valence-corrected chi connectivity index (χ4v) is 5.78. The minimum Gasteiger partial charge on any atom is -0.380 e. The highest BCUT2D eigenvalue weighted by Crippen LogP contribution is 2.45. The first-order valence-electron chi connectivity index (χ1n) is 12.3. The highest BCUT2D eigenvalue weighted by atomic mass is 19.2. The zero-order chi connectivity index (χ0) is 22.4. The zero-order valence-electron chi connectivity index (χ0n) is 19.0. The number of aliphatic hydroxyl groups is 1. The summed E-state index contributed by atoms with van der Waals surface area (Å²) < 4.78 is 43.1. The van der Waals surface area contributed by atoms with Crippen molar-refractivity contribution >= 4 is 0 Å². The number of aliphatic hydroxyl groups excluding tert-OH is 1. The fourth-order valence-electron chi connectivity index (χ4n) is 5.78. The summed E-state index contributed by atoms with van der Waals surface area (Å²) in [6.45, 7) is 4.17. The number of hydrogen-bond donors (Lipinski definition) is 1. The second kappa shape index (κ2) is 11.4. The lowest BCUT2D eigenvalue weighted by atomic mass is 9.68. The van der Waals surface area contributed by atoms with Crippen LogP contribution in [0, 0.1) is 47.0 Å². The highest BCUT2D eigenvalue weighted by molar-refractivity contribution is 5.41. The van der Waals surface area contributed by atoms with E-state index >= 15 is 0 Å². The third-order valence-electron chi connectivity index (χ3n) is 7.58. The SMILES string of the molecule is CCCC(O)C#Cc1cc([C@H]2CC[C@H]([C@H]3CC[C@H](CCC)CC3)CC2)c(F)c(F)c1F. The third kappa shape index (κ3) is 6.07. The average molecular weight is 435 g/mol. The van der Waals surface area contributed by atoms with Crippen molar-refractivity contribution in [2.45, 2.75) is 103 Å². The Morgan fingerprint density at radius 3 is 2.06 bits per heavy atom. The molecule has 1 aromatic carbocycles. The van der Waals surface area contributed by atoms with Crippen molar-refractivity contribution in [3.63, 3.8) is 0 Å². The van der Waals surface area contributed by atoms with Gasteiger partial charge in [0.1, 0.15) is 6.10 Å². The standard InChI is InChI=1S/C27H37F3O/c1-3-5-18-7-9-19(10-8-18)20-11-13-21(14-12-20)24-17-22(15-16-23(31)6-4-2)25(28)27(30)26(24)29/h17-21,23,31H,3-14H2,1-2H3/t18-,19-,20-,21-,23?. The van der Waals surface area contributed by atoms with E-state index in [-0.39, 0.29) is 17.0 Å². The van der Waals surface area contributed by atoms with Gasteiger partial charge in [0.25, 0.3) is 0 Å². The Morgan fingerprint density at radius 1 is 0.871 bits per heavy atom. The van der Waals surface area contributed by atoms with E-state index in [2.05, 4.69) is 18.8 Å². The monoisotopic (exact) mass is 434 g/mol. The van der Waals surface area contributed by atoms with E-state index in [0.29, 0.717) is 12.3 Å². The summed E-state index contributed by atoms with van der Waals surface area (Å²) >= 11 is 0. The molecule has 0 saturated heterocycles. The lowest BCUT2D eigenvalue weighted by Crippen LogP contribution is -2.25. The van der Waals surface area contributed by atoms with E-state index < -0.39 is 23.6 Å². The van der Waals surface area contributed by atoms with Crippen molar-refractivity contribution in [2.75, 3.05) is 0 Å². The van der Waals surface area contributed by atoms with Gasteiger partial charge < -0.3 is 5.11 Å². The van der Waals surface area contributed by atoms with Crippen LogP contribution in [0.1, 0.15) is 108 Å². The van der Waals surface area contributed by atoms with Crippen LogP contribution in [0.5, 0.6) is 0 Å². The molecule has 1 aromatic rings. The molecule has 1 atom stereocenters. The van der Waals surface area contributed by atoms with Crippen molar-refractivity contribution in [3.8, 4) is 11.8 Å². The molecule has 4 heteroatoms. The molecule has 0 spiro atoms. The second-order valence-corrected chi connectivity index (χ2v) is 9.71. The molecule has 0 bridgehead atoms. The van der Waals surface area contributed by atoms with Gasteiger partial charge in [-0.1, -0.05) is 57.8 Å². The number of rotatable bonds is 6. The van der Waals surface area contributed by atoms with Crippen molar-refractivity contribution in [2.24, 2.45) is 17.8 Å². The molecule has 172 valence electrons. The summed E-state index contributed by atoms with van der Waals surface area (Å²) in [5.74, 6) is 3.57. The Kier molecular flexibility index (Phi) is 8.90. The molecule has 31 heavy (non-hydrogen) atoms. The van der Waals surface area contributed by atoms with Crippen LogP contribution in [0.4, 0.5) is 13.2 Å². The number of benzene rings is 1. The largest absolute Gasteiger partial charge is 0.380 e. The van der Waals surface area contributed by atoms with Crippen LogP contribution in [-0.4, -0.2) is 11.2 Å². The van der Waals surface area contributed by atoms with Gasteiger partial charge >= 0.3 is 0 Å². The maximum atomic E-state index is 14.6. The van der Waals surface area contributed by atoms with Gasteiger partial charge in [-0.05, 0) is 80.2 Å². The Labute approximate surface area is 185 Å². The molecule has 2 aliphatic rings. The van der Waals surface area contributed by atoms with Crippen LogP contribution < -0.4 is 0 Å². The van der Waals surface area contributed by atoms with Crippen LogP contribution in [0.2, 0.25) is 0 Å². The molecular weight excluding hydrogens is 397 g/mol. The van der Waals surface area contributed by atoms with E-state index in [1.165, 1.54) is 44.6 Å². The molecule has 0 heterocycles. The summed E-state index contributed by atoms with van der Waals surface area (Å²) in [6, 6.07) is 1.38. The molecule has 0 amide bonds. The molecule has 1 nitrogen and oxygen atoms in total. The summed E-state index contributed by atoms with van der Waals surface area (Å²) in [6.07, 6.45) is 11.9. The molecular formula is C27H37F3O.